The van der Waals surface area contributed by atoms with Gasteiger partial charge in [-0.15, -0.1) is 0 Å². The van der Waals surface area contributed by atoms with Crippen molar-refractivity contribution in [2.45, 2.75) is 69.9 Å². The Hall–Kier alpha value is -2.04. The molecule has 1 aromatic carbocycles. The van der Waals surface area contributed by atoms with Crippen LogP contribution in [0.3, 0.4) is 0 Å². The van der Waals surface area contributed by atoms with Gasteiger partial charge in [0, 0.05) is 12.6 Å². The first-order valence-electron chi connectivity index (χ1n) is 10.6. The van der Waals surface area contributed by atoms with E-state index in [4.69, 9.17) is 0 Å². The van der Waals surface area contributed by atoms with Crippen LogP contribution in [0.1, 0.15) is 68.5 Å². The van der Waals surface area contributed by atoms with Crippen molar-refractivity contribution >= 4 is 11.9 Å². The van der Waals surface area contributed by atoms with Gasteiger partial charge >= 0.3 is 6.03 Å². The number of carbonyl (C=O) groups is 2. The summed E-state index contributed by atoms with van der Waals surface area (Å²) in [7, 11) is 0. The maximum atomic E-state index is 13.0. The first kappa shape index (κ1) is 18.3. The molecule has 1 unspecified atom stereocenters. The van der Waals surface area contributed by atoms with E-state index in [1.807, 2.05) is 0 Å². The molecule has 3 amide bonds. The van der Waals surface area contributed by atoms with Gasteiger partial charge in [0.1, 0.15) is 0 Å². The molecule has 5 heteroatoms. The molecule has 2 N–H and O–H groups in total. The second-order valence-corrected chi connectivity index (χ2v) is 8.35. The molecule has 0 aromatic heterocycles. The highest BCUT2D eigenvalue weighted by atomic mass is 16.2. The molecule has 0 spiro atoms. The number of rotatable bonds is 6. The van der Waals surface area contributed by atoms with E-state index in [2.05, 4.69) is 39.8 Å². The molecule has 2 saturated carbocycles. The van der Waals surface area contributed by atoms with Gasteiger partial charge in [0.25, 0.3) is 0 Å². The van der Waals surface area contributed by atoms with Crippen LogP contribution in [0.4, 0.5) is 4.79 Å². The summed E-state index contributed by atoms with van der Waals surface area (Å²) in [5.74, 6) is 0.656. The van der Waals surface area contributed by atoms with E-state index < -0.39 is 0 Å². The summed E-state index contributed by atoms with van der Waals surface area (Å²) >= 11 is 0. The van der Waals surface area contributed by atoms with Gasteiger partial charge in [-0.3, -0.25) is 4.79 Å². The molecule has 1 atom stereocenters. The van der Waals surface area contributed by atoms with Gasteiger partial charge in [-0.2, -0.15) is 0 Å². The Bertz CT molecular complexity index is 680. The largest absolute Gasteiger partial charge is 0.338 e. The van der Waals surface area contributed by atoms with E-state index in [-0.39, 0.29) is 24.5 Å². The van der Waals surface area contributed by atoms with Crippen molar-refractivity contribution in [1.29, 1.82) is 0 Å². The van der Waals surface area contributed by atoms with E-state index in [1.165, 1.54) is 36.8 Å². The van der Waals surface area contributed by atoms with Gasteiger partial charge in [0.2, 0.25) is 5.91 Å². The molecule has 3 aliphatic rings. The number of fused-ring (bicyclic) bond motifs is 1. The fraction of sp³-hybridized carbons (Fsp3) is 0.636. The zero-order chi connectivity index (χ0) is 18.6. The monoisotopic (exact) mass is 369 g/mol. The van der Waals surface area contributed by atoms with Crippen LogP contribution < -0.4 is 10.6 Å². The number of hydrogen-bond donors (Lipinski definition) is 2. The van der Waals surface area contributed by atoms with Crippen LogP contribution in [0.25, 0.3) is 0 Å². The van der Waals surface area contributed by atoms with Crippen LogP contribution >= 0.6 is 0 Å². The summed E-state index contributed by atoms with van der Waals surface area (Å²) in [4.78, 5) is 27.1. The number of nitrogens with one attached hydrogen (secondary N) is 2. The lowest BCUT2D eigenvalue weighted by Crippen LogP contribution is -2.46. The minimum atomic E-state index is -0.213. The lowest BCUT2D eigenvalue weighted by molar-refractivity contribution is -0.133. The fourth-order valence-electron chi connectivity index (χ4n) is 4.76. The van der Waals surface area contributed by atoms with Gasteiger partial charge in [0.05, 0.1) is 12.6 Å². The average molecular weight is 370 g/mol. The number of carbonyl (C=O) groups excluding carboxylic acids is 2. The van der Waals surface area contributed by atoms with Gasteiger partial charge in [0.15, 0.2) is 0 Å². The molecule has 0 aliphatic heterocycles. The maximum Gasteiger partial charge on any atom is 0.315 e. The minimum Gasteiger partial charge on any atom is -0.338 e. The Balaban J connectivity index is 1.34. The molecule has 0 bridgehead atoms. The average Bonchev–Trinajstić information content (AvgIpc) is 3.38. The Kier molecular flexibility index (Phi) is 5.65. The highest BCUT2D eigenvalue weighted by Crippen LogP contribution is 2.40. The molecule has 0 radical (unpaired) electrons. The second kappa shape index (κ2) is 8.32. The topological polar surface area (TPSA) is 61.4 Å². The molecule has 146 valence electrons. The molecular formula is C22H31N3O2. The summed E-state index contributed by atoms with van der Waals surface area (Å²) in [6, 6.07) is 8.81. The fourth-order valence-corrected chi connectivity index (χ4v) is 4.76. The quantitative estimate of drug-likeness (QED) is 0.806. The van der Waals surface area contributed by atoms with E-state index >= 15 is 0 Å². The van der Waals surface area contributed by atoms with Crippen LogP contribution in [-0.2, 0) is 11.2 Å². The molecule has 4 rings (SSSR count). The highest BCUT2D eigenvalue weighted by molar-refractivity contribution is 5.84. The number of urea groups is 1. The Morgan fingerprint density at radius 1 is 0.963 bits per heavy atom. The Labute approximate surface area is 161 Å². The van der Waals surface area contributed by atoms with Crippen LogP contribution in [0, 0.1) is 5.92 Å². The number of benzene rings is 1. The Morgan fingerprint density at radius 2 is 1.74 bits per heavy atom. The van der Waals surface area contributed by atoms with E-state index in [1.54, 1.807) is 0 Å². The molecule has 0 heterocycles. The van der Waals surface area contributed by atoms with Gasteiger partial charge < -0.3 is 15.5 Å². The highest BCUT2D eigenvalue weighted by Gasteiger charge is 2.39. The van der Waals surface area contributed by atoms with E-state index in [9.17, 15) is 9.59 Å². The zero-order valence-electron chi connectivity index (χ0n) is 16.1. The summed E-state index contributed by atoms with van der Waals surface area (Å²) < 4.78 is 0. The van der Waals surface area contributed by atoms with Crippen LogP contribution in [-0.4, -0.2) is 36.0 Å². The van der Waals surface area contributed by atoms with Gasteiger partial charge in [-0.25, -0.2) is 4.79 Å². The number of amides is 3. The smallest absolute Gasteiger partial charge is 0.315 e. The number of hydrogen-bond acceptors (Lipinski definition) is 2. The van der Waals surface area contributed by atoms with E-state index in [0.29, 0.717) is 12.0 Å². The number of nitrogens with zero attached hydrogens (tertiary/aromatic N) is 1. The van der Waals surface area contributed by atoms with Crippen molar-refractivity contribution < 1.29 is 9.59 Å². The summed E-state index contributed by atoms with van der Waals surface area (Å²) in [5, 5.41) is 5.73. The summed E-state index contributed by atoms with van der Waals surface area (Å²) in [6.07, 6.45) is 10.3. The maximum absolute atomic E-state index is 13.0. The molecule has 5 nitrogen and oxygen atoms in total. The molecule has 2 fully saturated rings. The van der Waals surface area contributed by atoms with Crippen molar-refractivity contribution in [1.82, 2.24) is 15.5 Å². The van der Waals surface area contributed by atoms with Gasteiger partial charge in [-0.05, 0) is 62.0 Å². The van der Waals surface area contributed by atoms with Crippen molar-refractivity contribution in [3.8, 4) is 0 Å². The SMILES string of the molecule is O=C(NCC(=O)N(C1CC1)C1CCCc2ccccc21)NCC1CCCC1. The van der Waals surface area contributed by atoms with E-state index in [0.717, 1.165) is 38.6 Å². The van der Waals surface area contributed by atoms with Crippen molar-refractivity contribution in [3.63, 3.8) is 0 Å². The predicted molar refractivity (Wildman–Crippen MR) is 105 cm³/mol. The third kappa shape index (κ3) is 4.45. The number of aryl methyl sites for hydroxylation is 1. The first-order chi connectivity index (χ1) is 13.2. The molecule has 1 aromatic rings. The van der Waals surface area contributed by atoms with Crippen LogP contribution in [0.2, 0.25) is 0 Å². The van der Waals surface area contributed by atoms with Crippen LogP contribution in [0.15, 0.2) is 24.3 Å². The molecule has 27 heavy (non-hydrogen) atoms. The van der Waals surface area contributed by atoms with Gasteiger partial charge in [-0.1, -0.05) is 37.1 Å². The molecule has 3 aliphatic carbocycles. The Morgan fingerprint density at radius 3 is 2.52 bits per heavy atom. The lowest BCUT2D eigenvalue weighted by atomic mass is 9.86. The predicted octanol–water partition coefficient (Wildman–Crippen LogP) is 3.54. The normalized spacial score (nSPS) is 22.1. The lowest BCUT2D eigenvalue weighted by Gasteiger charge is -2.36. The summed E-state index contributed by atoms with van der Waals surface area (Å²) in [6.45, 7) is 0.814. The van der Waals surface area contributed by atoms with Crippen molar-refractivity contribution in [2.24, 2.45) is 5.92 Å². The molecular weight excluding hydrogens is 338 g/mol. The van der Waals surface area contributed by atoms with Crippen LogP contribution in [0.5, 0.6) is 0 Å². The second-order valence-electron chi connectivity index (χ2n) is 8.35. The van der Waals surface area contributed by atoms with Crippen molar-refractivity contribution in [2.75, 3.05) is 13.1 Å². The summed E-state index contributed by atoms with van der Waals surface area (Å²) in [5.41, 5.74) is 2.67. The minimum absolute atomic E-state index is 0.0511. The first-order valence-corrected chi connectivity index (χ1v) is 10.6. The standard InChI is InChI=1S/C22H31N3O2/c26-21(15-24-22(27)23-14-16-6-1-2-7-16)25(18-12-13-18)20-11-5-9-17-8-3-4-10-19(17)20/h3-4,8,10,16,18,20H,1-2,5-7,9,11-15H2,(H2,23,24,27). The molecule has 0 saturated heterocycles. The zero-order valence-corrected chi connectivity index (χ0v) is 16.1. The third-order valence-electron chi connectivity index (χ3n) is 6.33. The van der Waals surface area contributed by atoms with Crippen molar-refractivity contribution in [3.05, 3.63) is 35.4 Å². The third-order valence-corrected chi connectivity index (χ3v) is 6.33.